The number of aromatic nitrogens is 2. The van der Waals surface area contributed by atoms with E-state index in [2.05, 4.69) is 15.6 Å². The van der Waals surface area contributed by atoms with E-state index in [0.29, 0.717) is 12.5 Å². The molecule has 3 N–H and O–H groups in total. The molecule has 1 aromatic carbocycles. The fourth-order valence-electron chi connectivity index (χ4n) is 1.74. The highest BCUT2D eigenvalue weighted by Gasteiger charge is 2.15. The minimum atomic E-state index is -0.436. The van der Waals surface area contributed by atoms with Gasteiger partial charge in [-0.1, -0.05) is 18.2 Å². The Hall–Kier alpha value is -2.83. The first-order valence-corrected chi connectivity index (χ1v) is 6.49. The Morgan fingerprint density at radius 3 is 2.81 bits per heavy atom. The molecule has 0 unspecified atom stereocenters. The van der Waals surface area contributed by atoms with Crippen LogP contribution in [0.25, 0.3) is 5.69 Å². The molecule has 0 aliphatic carbocycles. The molecular formula is C14H17N5O2. The minimum absolute atomic E-state index is 0.253. The maximum absolute atomic E-state index is 12.0. The summed E-state index contributed by atoms with van der Waals surface area (Å²) in [5, 5.41) is 7.94. The maximum Gasteiger partial charge on any atom is 0.276 e. The highest BCUT2D eigenvalue weighted by Crippen LogP contribution is 2.16. The summed E-state index contributed by atoms with van der Waals surface area (Å²) in [5.41, 5.74) is 9.38. The van der Waals surface area contributed by atoms with E-state index in [1.807, 2.05) is 37.3 Å². The number of nitrogens with zero attached hydrogens (tertiary/aromatic N) is 3. The first-order chi connectivity index (χ1) is 10.1. The third kappa shape index (κ3) is 3.38. The quantitative estimate of drug-likeness (QED) is 0.507. The van der Waals surface area contributed by atoms with Crippen LogP contribution >= 0.6 is 0 Å². The molecule has 0 radical (unpaired) electrons. The Balaban J connectivity index is 2.17. The van der Waals surface area contributed by atoms with Crippen LogP contribution in [0.5, 0.6) is 0 Å². The number of para-hydroxylation sites is 1. The molecule has 0 saturated heterocycles. The molecule has 2 rings (SSSR count). The van der Waals surface area contributed by atoms with Crippen molar-refractivity contribution < 1.29 is 9.53 Å². The van der Waals surface area contributed by atoms with Crippen molar-refractivity contribution in [3.05, 3.63) is 42.1 Å². The van der Waals surface area contributed by atoms with Crippen LogP contribution in [0.1, 0.15) is 24.2 Å². The molecule has 0 spiro atoms. The van der Waals surface area contributed by atoms with Crippen molar-refractivity contribution in [1.82, 2.24) is 15.2 Å². The summed E-state index contributed by atoms with van der Waals surface area (Å²) in [5.74, 6) is 0.191. The monoisotopic (exact) mass is 287 g/mol. The van der Waals surface area contributed by atoms with Crippen LogP contribution in [0.3, 0.4) is 0 Å². The zero-order valence-electron chi connectivity index (χ0n) is 11.9. The number of carbonyl (C=O) groups is 1. The number of nitrogen functional groups attached to an aromatic ring is 1. The predicted molar refractivity (Wildman–Crippen MR) is 80.2 cm³/mol. The van der Waals surface area contributed by atoms with Gasteiger partial charge in [-0.2, -0.15) is 5.10 Å². The summed E-state index contributed by atoms with van der Waals surface area (Å²) in [4.78, 5) is 12.0. The van der Waals surface area contributed by atoms with Gasteiger partial charge in [0.15, 0.2) is 0 Å². The first-order valence-electron chi connectivity index (χ1n) is 6.49. The average molecular weight is 287 g/mol. The van der Waals surface area contributed by atoms with Gasteiger partial charge in [0.25, 0.3) is 5.91 Å². The predicted octanol–water partition coefficient (Wildman–Crippen LogP) is 1.55. The van der Waals surface area contributed by atoms with Crippen molar-refractivity contribution in [3.63, 3.8) is 0 Å². The van der Waals surface area contributed by atoms with Crippen molar-refractivity contribution in [2.24, 2.45) is 5.10 Å². The van der Waals surface area contributed by atoms with Gasteiger partial charge in [0, 0.05) is 6.92 Å². The van der Waals surface area contributed by atoms with E-state index in [1.54, 1.807) is 6.92 Å². The molecule has 7 heteroatoms. The van der Waals surface area contributed by atoms with Crippen molar-refractivity contribution in [2.45, 2.75) is 13.8 Å². The molecule has 1 aromatic heterocycles. The summed E-state index contributed by atoms with van der Waals surface area (Å²) < 4.78 is 6.61. The zero-order chi connectivity index (χ0) is 15.2. The Labute approximate surface area is 122 Å². The zero-order valence-corrected chi connectivity index (χ0v) is 11.9. The van der Waals surface area contributed by atoms with Gasteiger partial charge < -0.3 is 10.5 Å². The van der Waals surface area contributed by atoms with Gasteiger partial charge in [-0.15, -0.1) is 5.10 Å². The minimum Gasteiger partial charge on any atom is -0.480 e. The second-order valence-electron chi connectivity index (χ2n) is 4.20. The molecule has 0 aliphatic heterocycles. The van der Waals surface area contributed by atoms with E-state index in [1.165, 1.54) is 10.9 Å². The average Bonchev–Trinajstić information content (AvgIpc) is 2.88. The largest absolute Gasteiger partial charge is 0.480 e. The van der Waals surface area contributed by atoms with Crippen LogP contribution in [-0.2, 0) is 4.74 Å². The Morgan fingerprint density at radius 1 is 1.43 bits per heavy atom. The molecule has 0 aliphatic rings. The first kappa shape index (κ1) is 14.6. The molecule has 7 nitrogen and oxygen atoms in total. The second-order valence-corrected chi connectivity index (χ2v) is 4.20. The van der Waals surface area contributed by atoms with Gasteiger partial charge in [0.05, 0.1) is 18.5 Å². The number of hydrogen-bond acceptors (Lipinski definition) is 5. The summed E-state index contributed by atoms with van der Waals surface area (Å²) in [6, 6.07) is 9.32. The Kier molecular flexibility index (Phi) is 4.55. The number of ether oxygens (including phenoxy) is 1. The van der Waals surface area contributed by atoms with Crippen LogP contribution < -0.4 is 11.2 Å². The van der Waals surface area contributed by atoms with Crippen LogP contribution in [0.2, 0.25) is 0 Å². The topological polar surface area (TPSA) is 94.5 Å². The number of nitrogens with two attached hydrogens (primary N) is 1. The molecule has 21 heavy (non-hydrogen) atoms. The molecule has 110 valence electrons. The summed E-state index contributed by atoms with van der Waals surface area (Å²) in [6.07, 6.45) is 1.41. The second kappa shape index (κ2) is 6.56. The lowest BCUT2D eigenvalue weighted by Gasteiger charge is -2.05. The highest BCUT2D eigenvalue weighted by molar-refractivity contribution is 5.98. The molecule has 2 aromatic rings. The highest BCUT2D eigenvalue weighted by atomic mass is 16.5. The number of hydrazone groups is 1. The summed E-state index contributed by atoms with van der Waals surface area (Å²) in [6.45, 7) is 3.97. The van der Waals surface area contributed by atoms with Crippen molar-refractivity contribution >= 4 is 17.6 Å². The summed E-state index contributed by atoms with van der Waals surface area (Å²) >= 11 is 0. The normalized spacial score (nSPS) is 11.2. The number of carbonyl (C=O) groups excluding carboxylic acids is 1. The van der Waals surface area contributed by atoms with E-state index in [-0.39, 0.29) is 11.4 Å². The number of hydrogen-bond donors (Lipinski definition) is 2. The van der Waals surface area contributed by atoms with Crippen molar-refractivity contribution in [2.75, 3.05) is 12.3 Å². The number of anilines is 1. The fraction of sp³-hybridized carbons (Fsp3) is 0.214. The number of rotatable bonds is 4. The lowest BCUT2D eigenvalue weighted by molar-refractivity contribution is 0.0954. The van der Waals surface area contributed by atoms with Gasteiger partial charge in [0.1, 0.15) is 11.4 Å². The lowest BCUT2D eigenvalue weighted by Crippen LogP contribution is -2.20. The standard InChI is InChI=1S/C14H17N5O2/c1-3-21-10(2)17-18-14(20)12-9-16-19(13(12)15)11-7-5-4-6-8-11/h4-9H,3,15H2,1-2H3,(H,18,20)/b17-10-. The van der Waals surface area contributed by atoms with Gasteiger partial charge in [-0.3, -0.25) is 4.79 Å². The SMILES string of the molecule is CCO/C(C)=N\NC(=O)c1cnn(-c2ccccc2)c1N. The summed E-state index contributed by atoms with van der Waals surface area (Å²) in [7, 11) is 0. The van der Waals surface area contributed by atoms with E-state index in [0.717, 1.165) is 5.69 Å². The molecular weight excluding hydrogens is 270 g/mol. The number of benzene rings is 1. The third-order valence-corrected chi connectivity index (χ3v) is 2.72. The van der Waals surface area contributed by atoms with E-state index < -0.39 is 5.91 Å². The number of nitrogens with one attached hydrogen (secondary N) is 1. The van der Waals surface area contributed by atoms with E-state index in [4.69, 9.17) is 10.5 Å². The lowest BCUT2D eigenvalue weighted by atomic mass is 10.3. The smallest absolute Gasteiger partial charge is 0.276 e. The van der Waals surface area contributed by atoms with Crippen LogP contribution in [0.4, 0.5) is 5.82 Å². The van der Waals surface area contributed by atoms with Gasteiger partial charge in [0.2, 0.25) is 5.90 Å². The van der Waals surface area contributed by atoms with Crippen LogP contribution in [0.15, 0.2) is 41.6 Å². The molecule has 0 saturated carbocycles. The molecule has 1 amide bonds. The third-order valence-electron chi connectivity index (χ3n) is 2.72. The Morgan fingerprint density at radius 2 is 2.14 bits per heavy atom. The van der Waals surface area contributed by atoms with Gasteiger partial charge in [-0.25, -0.2) is 10.1 Å². The maximum atomic E-state index is 12.0. The van der Waals surface area contributed by atoms with Crippen molar-refractivity contribution in [1.29, 1.82) is 0 Å². The fourth-order valence-corrected chi connectivity index (χ4v) is 1.74. The van der Waals surface area contributed by atoms with Gasteiger partial charge >= 0.3 is 0 Å². The van der Waals surface area contributed by atoms with Crippen molar-refractivity contribution in [3.8, 4) is 5.69 Å². The molecule has 0 bridgehead atoms. The van der Waals surface area contributed by atoms with Crippen LogP contribution in [-0.4, -0.2) is 28.2 Å². The molecule has 0 fully saturated rings. The van der Waals surface area contributed by atoms with E-state index in [9.17, 15) is 4.79 Å². The van der Waals surface area contributed by atoms with Gasteiger partial charge in [-0.05, 0) is 19.1 Å². The molecule has 1 heterocycles. The molecule has 0 atom stereocenters. The number of amides is 1. The Bertz CT molecular complexity index is 649. The van der Waals surface area contributed by atoms with Crippen LogP contribution in [0, 0.1) is 0 Å². The van der Waals surface area contributed by atoms with E-state index >= 15 is 0 Å².